The largest absolute Gasteiger partial charge is 0.457 e. The number of anilines is 1. The van der Waals surface area contributed by atoms with Gasteiger partial charge in [-0.1, -0.05) is 60.7 Å². The summed E-state index contributed by atoms with van der Waals surface area (Å²) in [4.78, 5) is 52.0. The van der Waals surface area contributed by atoms with E-state index in [2.05, 4.69) is 10.6 Å². The third kappa shape index (κ3) is 9.25. The molecule has 0 aromatic heterocycles. The monoisotopic (exact) mass is 678 g/mol. The molecule has 0 aliphatic carbocycles. The lowest BCUT2D eigenvalue weighted by atomic mass is 9.99. The van der Waals surface area contributed by atoms with Crippen LogP contribution in [0.3, 0.4) is 0 Å². The fraction of sp³-hybridized carbons (Fsp3) is 0.308. The van der Waals surface area contributed by atoms with Gasteiger partial charge in [0.15, 0.2) is 0 Å². The summed E-state index contributed by atoms with van der Waals surface area (Å²) in [6.45, 7) is 9.05. The van der Waals surface area contributed by atoms with Gasteiger partial charge in [-0.25, -0.2) is 4.79 Å². The summed E-state index contributed by atoms with van der Waals surface area (Å²) in [5.74, 6) is 0.498. The maximum absolute atomic E-state index is 14.1. The highest BCUT2D eigenvalue weighted by atomic mass is 16.6. The number of ether oxygens (including phenoxy) is 2. The zero-order valence-electron chi connectivity index (χ0n) is 28.9. The van der Waals surface area contributed by atoms with E-state index in [-0.39, 0.29) is 30.5 Å². The maximum Gasteiger partial charge on any atom is 0.408 e. The second-order valence-electron chi connectivity index (χ2n) is 13.9. The predicted octanol–water partition coefficient (Wildman–Crippen LogP) is 7.71. The lowest BCUT2D eigenvalue weighted by Gasteiger charge is -2.29. The van der Waals surface area contributed by atoms with Gasteiger partial charge in [0, 0.05) is 35.3 Å². The van der Waals surface area contributed by atoms with Gasteiger partial charge in [-0.15, -0.1) is 0 Å². The molecule has 1 aliphatic heterocycles. The first-order valence-corrected chi connectivity index (χ1v) is 16.5. The summed E-state index contributed by atoms with van der Waals surface area (Å²) < 4.78 is 11.4. The molecule has 3 amide bonds. The Morgan fingerprint density at radius 1 is 0.900 bits per heavy atom. The Morgan fingerprint density at radius 3 is 2.24 bits per heavy atom. The Labute approximate surface area is 291 Å². The number of nitro benzene ring substituents is 1. The zero-order chi connectivity index (χ0) is 36.1. The van der Waals surface area contributed by atoms with Crippen LogP contribution in [0.25, 0.3) is 11.1 Å². The molecule has 1 atom stereocenters. The molecule has 0 saturated heterocycles. The summed E-state index contributed by atoms with van der Waals surface area (Å²) >= 11 is 0. The number of nitrogens with one attached hydrogen (secondary N) is 2. The van der Waals surface area contributed by atoms with Crippen LogP contribution in [-0.2, 0) is 27.3 Å². The number of carbonyl (C=O) groups is 3. The summed E-state index contributed by atoms with van der Waals surface area (Å²) in [6.07, 6.45) is 0.379. The molecule has 260 valence electrons. The molecule has 0 unspecified atom stereocenters. The second kappa shape index (κ2) is 14.8. The number of benzene rings is 4. The Hall–Kier alpha value is -5.71. The smallest absolute Gasteiger partial charge is 0.408 e. The number of amides is 3. The van der Waals surface area contributed by atoms with Crippen LogP contribution in [0, 0.1) is 10.1 Å². The van der Waals surface area contributed by atoms with Crippen molar-refractivity contribution in [3.05, 3.63) is 118 Å². The molecule has 2 N–H and O–H groups in total. The van der Waals surface area contributed by atoms with Crippen LogP contribution < -0.4 is 20.3 Å². The van der Waals surface area contributed by atoms with Crippen molar-refractivity contribution in [3.8, 4) is 22.6 Å². The fourth-order valence-corrected chi connectivity index (χ4v) is 5.81. The number of non-ortho nitro benzene ring substituents is 1. The molecule has 1 heterocycles. The van der Waals surface area contributed by atoms with E-state index >= 15 is 0 Å². The van der Waals surface area contributed by atoms with Crippen molar-refractivity contribution in [1.29, 1.82) is 0 Å². The molecule has 0 radical (unpaired) electrons. The Kier molecular flexibility index (Phi) is 10.5. The van der Waals surface area contributed by atoms with E-state index in [0.29, 0.717) is 24.3 Å². The topological polar surface area (TPSA) is 140 Å². The molecule has 4 aromatic carbocycles. The number of alkyl carbamates (subject to hydrolysis) is 1. The average Bonchev–Trinajstić information content (AvgIpc) is 3.16. The minimum atomic E-state index is -0.907. The zero-order valence-corrected chi connectivity index (χ0v) is 28.9. The number of para-hydroxylation sites is 2. The number of nitrogens with zero attached hydrogens (tertiary/aromatic N) is 2. The molecule has 5 rings (SSSR count). The fourth-order valence-electron chi connectivity index (χ4n) is 5.81. The highest BCUT2D eigenvalue weighted by Gasteiger charge is 2.33. The summed E-state index contributed by atoms with van der Waals surface area (Å²) in [7, 11) is 0. The number of hydrogen-bond acceptors (Lipinski definition) is 7. The van der Waals surface area contributed by atoms with E-state index in [0.717, 1.165) is 27.9 Å². The van der Waals surface area contributed by atoms with Gasteiger partial charge in [-0.3, -0.25) is 19.7 Å². The molecule has 4 aromatic rings. The molecular formula is C39H42N4O7. The van der Waals surface area contributed by atoms with Crippen molar-refractivity contribution >= 4 is 29.3 Å². The van der Waals surface area contributed by atoms with E-state index in [4.69, 9.17) is 9.47 Å². The van der Waals surface area contributed by atoms with Gasteiger partial charge in [0.2, 0.25) is 11.8 Å². The third-order valence-corrected chi connectivity index (χ3v) is 8.09. The summed E-state index contributed by atoms with van der Waals surface area (Å²) in [6, 6.07) is 28.3. The van der Waals surface area contributed by atoms with Crippen LogP contribution in [-0.4, -0.2) is 40.0 Å². The number of rotatable bonds is 10. The minimum absolute atomic E-state index is 0.0167. The van der Waals surface area contributed by atoms with E-state index in [1.54, 1.807) is 51.7 Å². The molecule has 50 heavy (non-hydrogen) atoms. The summed E-state index contributed by atoms with van der Waals surface area (Å²) in [5, 5.41) is 16.7. The normalized spacial score (nSPS) is 14.6. The van der Waals surface area contributed by atoms with Crippen LogP contribution in [0.5, 0.6) is 11.5 Å². The van der Waals surface area contributed by atoms with Crippen LogP contribution in [0.15, 0.2) is 97.1 Å². The molecule has 0 bridgehead atoms. The highest BCUT2D eigenvalue weighted by molar-refractivity contribution is 6.00. The third-order valence-electron chi connectivity index (χ3n) is 8.09. The van der Waals surface area contributed by atoms with Gasteiger partial charge in [0.25, 0.3) is 5.69 Å². The highest BCUT2D eigenvalue weighted by Crippen LogP contribution is 2.35. The van der Waals surface area contributed by atoms with Crippen LogP contribution in [0.1, 0.15) is 58.6 Å². The van der Waals surface area contributed by atoms with Crippen molar-refractivity contribution in [2.24, 2.45) is 0 Å². The van der Waals surface area contributed by atoms with E-state index < -0.39 is 28.2 Å². The molecule has 0 fully saturated rings. The Bertz CT molecular complexity index is 1860. The van der Waals surface area contributed by atoms with Gasteiger partial charge >= 0.3 is 6.09 Å². The van der Waals surface area contributed by atoms with Crippen molar-refractivity contribution in [2.45, 2.75) is 77.6 Å². The summed E-state index contributed by atoms with van der Waals surface area (Å²) in [5.41, 5.74) is 2.82. The number of aryl methyl sites for hydroxylation is 1. The molecule has 0 saturated carbocycles. The van der Waals surface area contributed by atoms with E-state index in [1.807, 2.05) is 72.8 Å². The minimum Gasteiger partial charge on any atom is -0.457 e. The molecular weight excluding hydrogens is 636 g/mol. The first kappa shape index (κ1) is 35.6. The van der Waals surface area contributed by atoms with Gasteiger partial charge in [-0.2, -0.15) is 0 Å². The SMILES string of the molecule is CC(C)(CC(=O)N[C@@H]1CCc2ccccc2N(Cc2ccc(-c3ccccc3Oc3ccc([N+](=O)[O-])cc3)cc2)C1=O)NC(=O)OC(C)(C)C. The number of fused-ring (bicyclic) bond motifs is 1. The number of nitro groups is 1. The second-order valence-corrected chi connectivity index (χ2v) is 13.9. The van der Waals surface area contributed by atoms with Gasteiger partial charge in [0.1, 0.15) is 23.1 Å². The lowest BCUT2D eigenvalue weighted by Crippen LogP contribution is -2.52. The van der Waals surface area contributed by atoms with Crippen molar-refractivity contribution < 1.29 is 28.8 Å². The molecule has 11 heteroatoms. The predicted molar refractivity (Wildman–Crippen MR) is 191 cm³/mol. The average molecular weight is 679 g/mol. The van der Waals surface area contributed by atoms with Gasteiger partial charge < -0.3 is 25.0 Å². The van der Waals surface area contributed by atoms with E-state index in [9.17, 15) is 24.5 Å². The Balaban J connectivity index is 1.30. The van der Waals surface area contributed by atoms with Crippen molar-refractivity contribution in [1.82, 2.24) is 10.6 Å². The van der Waals surface area contributed by atoms with Crippen LogP contribution in [0.2, 0.25) is 0 Å². The Morgan fingerprint density at radius 2 is 1.56 bits per heavy atom. The van der Waals surface area contributed by atoms with E-state index in [1.165, 1.54) is 12.1 Å². The standard InChI is InChI=1S/C39H42N4O7/c1-38(2,3)50-37(46)41-39(4,5)24-35(44)40-32-23-18-28-10-6-8-12-33(28)42(36(32)45)25-26-14-16-27(17-15-26)31-11-7-9-13-34(31)49-30-21-19-29(20-22-30)43(47)48/h6-17,19-22,32H,18,23-25H2,1-5H3,(H,40,44)(H,41,46)/t32-/m1/s1. The quantitative estimate of drug-likeness (QED) is 0.129. The molecule has 0 spiro atoms. The van der Waals surface area contributed by atoms with Crippen molar-refractivity contribution in [2.75, 3.05) is 4.90 Å². The maximum atomic E-state index is 14.1. The van der Waals surface area contributed by atoms with Gasteiger partial charge in [-0.05, 0) is 88.4 Å². The first-order chi connectivity index (χ1) is 23.7. The first-order valence-electron chi connectivity index (χ1n) is 16.5. The van der Waals surface area contributed by atoms with Crippen LogP contribution >= 0.6 is 0 Å². The molecule has 1 aliphatic rings. The van der Waals surface area contributed by atoms with Gasteiger partial charge in [0.05, 0.1) is 11.5 Å². The van der Waals surface area contributed by atoms with Crippen LogP contribution in [0.4, 0.5) is 16.2 Å². The number of hydrogen-bond donors (Lipinski definition) is 2. The lowest BCUT2D eigenvalue weighted by molar-refractivity contribution is -0.384. The van der Waals surface area contributed by atoms with Crippen molar-refractivity contribution in [3.63, 3.8) is 0 Å². The molecule has 11 nitrogen and oxygen atoms in total. The number of carbonyl (C=O) groups excluding carboxylic acids is 3.